The van der Waals surface area contributed by atoms with Gasteiger partial charge in [0.15, 0.2) is 5.78 Å². The Kier molecular flexibility index (Phi) is 7.35. The summed E-state index contributed by atoms with van der Waals surface area (Å²) in [5, 5.41) is 5.04. The SMILES string of the molecule is CCCCCCn1nc([C@H]2CCCN2C(=O)CCc2ccccc2)c2c1CC(C)(C)CC2=O. The van der Waals surface area contributed by atoms with E-state index in [0.717, 1.165) is 62.1 Å². The monoisotopic (exact) mass is 449 g/mol. The van der Waals surface area contributed by atoms with Crippen LogP contribution in [0.4, 0.5) is 0 Å². The van der Waals surface area contributed by atoms with Crippen LogP contribution in [0.5, 0.6) is 0 Å². The van der Waals surface area contributed by atoms with E-state index in [1.807, 2.05) is 23.1 Å². The molecule has 1 amide bonds. The van der Waals surface area contributed by atoms with Crippen LogP contribution in [0.2, 0.25) is 0 Å². The summed E-state index contributed by atoms with van der Waals surface area (Å²) in [7, 11) is 0. The molecule has 5 heteroatoms. The van der Waals surface area contributed by atoms with Crippen molar-refractivity contribution in [1.29, 1.82) is 0 Å². The zero-order chi connectivity index (χ0) is 23.4. The Bertz CT molecular complexity index is 977. The summed E-state index contributed by atoms with van der Waals surface area (Å²) in [5.41, 5.74) is 3.95. The number of carbonyl (C=O) groups is 2. The van der Waals surface area contributed by atoms with Gasteiger partial charge in [-0.2, -0.15) is 5.10 Å². The first kappa shape index (κ1) is 23.7. The van der Waals surface area contributed by atoms with Crippen molar-refractivity contribution in [3.63, 3.8) is 0 Å². The van der Waals surface area contributed by atoms with Crippen molar-refractivity contribution in [2.45, 2.75) is 97.6 Å². The zero-order valence-electron chi connectivity index (χ0n) is 20.6. The minimum Gasteiger partial charge on any atom is -0.334 e. The van der Waals surface area contributed by atoms with Crippen LogP contribution in [0.15, 0.2) is 30.3 Å². The highest BCUT2D eigenvalue weighted by Gasteiger charge is 2.41. The Hall–Kier alpha value is -2.43. The maximum Gasteiger partial charge on any atom is 0.223 e. The van der Waals surface area contributed by atoms with E-state index in [4.69, 9.17) is 5.10 Å². The number of fused-ring (bicyclic) bond motifs is 1. The number of unbranched alkanes of at least 4 members (excludes halogenated alkanes) is 3. The quantitative estimate of drug-likeness (QED) is 0.447. The van der Waals surface area contributed by atoms with Gasteiger partial charge in [0.25, 0.3) is 0 Å². The highest BCUT2D eigenvalue weighted by molar-refractivity contribution is 6.00. The average Bonchev–Trinajstić information content (AvgIpc) is 3.40. The number of hydrogen-bond acceptors (Lipinski definition) is 3. The highest BCUT2D eigenvalue weighted by atomic mass is 16.2. The molecule has 1 saturated heterocycles. The van der Waals surface area contributed by atoms with Gasteiger partial charge in [-0.1, -0.05) is 70.4 Å². The van der Waals surface area contributed by atoms with Crippen molar-refractivity contribution >= 4 is 11.7 Å². The lowest BCUT2D eigenvalue weighted by atomic mass is 9.75. The number of hydrogen-bond donors (Lipinski definition) is 0. The Labute approximate surface area is 198 Å². The lowest BCUT2D eigenvalue weighted by Gasteiger charge is -2.30. The predicted molar refractivity (Wildman–Crippen MR) is 131 cm³/mol. The van der Waals surface area contributed by atoms with Gasteiger partial charge in [-0.05, 0) is 43.1 Å². The second-order valence-electron chi connectivity index (χ2n) is 10.7. The van der Waals surface area contributed by atoms with E-state index < -0.39 is 0 Å². The van der Waals surface area contributed by atoms with E-state index in [1.165, 1.54) is 24.8 Å². The number of Topliss-reactive ketones (excluding diaryl/α,β-unsaturated/α-hetero) is 1. The third-order valence-corrected chi connectivity index (χ3v) is 7.23. The Morgan fingerprint density at radius 2 is 1.91 bits per heavy atom. The molecule has 1 aliphatic carbocycles. The molecule has 0 bridgehead atoms. The minimum absolute atomic E-state index is 0.0383. The standard InChI is InChI=1S/C28H39N3O2/c1-4-5-6-10-18-31-23-19-28(2,3)20-24(32)26(23)27(29-31)22-14-11-17-30(22)25(33)16-15-21-12-8-7-9-13-21/h7-9,12-13,22H,4-6,10-11,14-20H2,1-3H3/t22-/m1/s1. The van der Waals surface area contributed by atoms with Crippen LogP contribution in [-0.2, 0) is 24.2 Å². The summed E-state index contributed by atoms with van der Waals surface area (Å²) >= 11 is 0. The number of ketones is 1. The third-order valence-electron chi connectivity index (χ3n) is 7.23. The molecule has 2 heterocycles. The van der Waals surface area contributed by atoms with Gasteiger partial charge in [-0.3, -0.25) is 14.3 Å². The van der Waals surface area contributed by atoms with Crippen molar-refractivity contribution < 1.29 is 9.59 Å². The molecular weight excluding hydrogens is 410 g/mol. The maximum absolute atomic E-state index is 13.3. The molecule has 1 aromatic carbocycles. The molecule has 1 atom stereocenters. The molecule has 0 spiro atoms. The molecule has 5 nitrogen and oxygen atoms in total. The molecule has 2 aromatic rings. The molecule has 0 saturated carbocycles. The molecular formula is C28H39N3O2. The number of aromatic nitrogens is 2. The van der Waals surface area contributed by atoms with E-state index in [-0.39, 0.29) is 23.1 Å². The highest BCUT2D eigenvalue weighted by Crippen LogP contribution is 2.41. The van der Waals surface area contributed by atoms with Crippen LogP contribution in [0, 0.1) is 5.41 Å². The summed E-state index contributed by atoms with van der Waals surface area (Å²) < 4.78 is 2.12. The second-order valence-corrected chi connectivity index (χ2v) is 10.7. The maximum atomic E-state index is 13.3. The molecule has 0 unspecified atom stereocenters. The van der Waals surface area contributed by atoms with E-state index >= 15 is 0 Å². The Morgan fingerprint density at radius 3 is 2.67 bits per heavy atom. The fourth-order valence-electron chi connectivity index (χ4n) is 5.54. The number of rotatable bonds is 9. The lowest BCUT2D eigenvalue weighted by Crippen LogP contribution is -2.33. The van der Waals surface area contributed by atoms with Crippen LogP contribution >= 0.6 is 0 Å². The average molecular weight is 450 g/mol. The summed E-state index contributed by atoms with van der Waals surface area (Å²) in [5.74, 6) is 0.385. The number of benzene rings is 1. The van der Waals surface area contributed by atoms with Gasteiger partial charge >= 0.3 is 0 Å². The molecule has 1 aromatic heterocycles. The fraction of sp³-hybridized carbons (Fsp3) is 0.607. The number of carbonyl (C=O) groups excluding carboxylic acids is 2. The molecule has 1 aliphatic heterocycles. The summed E-state index contributed by atoms with van der Waals surface area (Å²) in [6.07, 6.45) is 9.26. The Morgan fingerprint density at radius 1 is 1.12 bits per heavy atom. The van der Waals surface area contributed by atoms with Crippen LogP contribution in [0.25, 0.3) is 0 Å². The predicted octanol–water partition coefficient (Wildman–Crippen LogP) is 5.91. The summed E-state index contributed by atoms with van der Waals surface area (Å²) in [6.45, 7) is 8.20. The topological polar surface area (TPSA) is 55.2 Å². The first-order chi connectivity index (χ1) is 15.9. The van der Waals surface area contributed by atoms with Gasteiger partial charge in [0.1, 0.15) is 0 Å². The molecule has 33 heavy (non-hydrogen) atoms. The smallest absolute Gasteiger partial charge is 0.223 e. The van der Waals surface area contributed by atoms with Crippen molar-refractivity contribution in [3.05, 3.63) is 52.8 Å². The van der Waals surface area contributed by atoms with E-state index in [2.05, 4.69) is 37.6 Å². The molecule has 178 valence electrons. The van der Waals surface area contributed by atoms with Crippen LogP contribution in [0.3, 0.4) is 0 Å². The summed E-state index contributed by atoms with van der Waals surface area (Å²) in [4.78, 5) is 28.5. The van der Waals surface area contributed by atoms with E-state index in [1.54, 1.807) is 0 Å². The molecule has 0 radical (unpaired) electrons. The largest absolute Gasteiger partial charge is 0.334 e. The van der Waals surface area contributed by atoms with Crippen molar-refractivity contribution in [2.24, 2.45) is 5.41 Å². The van der Waals surface area contributed by atoms with Gasteiger partial charge in [-0.15, -0.1) is 0 Å². The third kappa shape index (κ3) is 5.39. The van der Waals surface area contributed by atoms with Crippen LogP contribution < -0.4 is 0 Å². The van der Waals surface area contributed by atoms with Crippen LogP contribution in [0.1, 0.15) is 105 Å². The van der Waals surface area contributed by atoms with Crippen molar-refractivity contribution in [1.82, 2.24) is 14.7 Å². The zero-order valence-corrected chi connectivity index (χ0v) is 20.6. The van der Waals surface area contributed by atoms with Gasteiger partial charge in [0.05, 0.1) is 23.0 Å². The van der Waals surface area contributed by atoms with Crippen molar-refractivity contribution in [2.75, 3.05) is 6.54 Å². The van der Waals surface area contributed by atoms with Crippen LogP contribution in [-0.4, -0.2) is 32.9 Å². The first-order valence-corrected chi connectivity index (χ1v) is 12.9. The number of nitrogens with zero attached hydrogens (tertiary/aromatic N) is 3. The number of aryl methyl sites for hydroxylation is 2. The second kappa shape index (κ2) is 10.2. The summed E-state index contributed by atoms with van der Waals surface area (Å²) in [6, 6.07) is 10.1. The Balaban J connectivity index is 1.57. The molecule has 1 fully saturated rings. The molecule has 0 N–H and O–H groups in total. The first-order valence-electron chi connectivity index (χ1n) is 12.9. The van der Waals surface area contributed by atoms with E-state index in [0.29, 0.717) is 12.8 Å². The lowest BCUT2D eigenvalue weighted by molar-refractivity contribution is -0.132. The van der Waals surface area contributed by atoms with Crippen molar-refractivity contribution in [3.8, 4) is 0 Å². The fourth-order valence-corrected chi connectivity index (χ4v) is 5.54. The van der Waals surface area contributed by atoms with Gasteiger partial charge < -0.3 is 4.90 Å². The van der Waals surface area contributed by atoms with Gasteiger partial charge in [0, 0.05) is 25.9 Å². The number of amides is 1. The van der Waals surface area contributed by atoms with Gasteiger partial charge in [-0.25, -0.2) is 0 Å². The molecule has 2 aliphatic rings. The van der Waals surface area contributed by atoms with Gasteiger partial charge in [0.2, 0.25) is 5.91 Å². The normalized spacial score (nSPS) is 19.7. The minimum atomic E-state index is -0.0657. The van der Waals surface area contributed by atoms with E-state index in [9.17, 15) is 9.59 Å². The molecule has 4 rings (SSSR count). The number of likely N-dealkylation sites (tertiary alicyclic amines) is 1.